The van der Waals surface area contributed by atoms with Gasteiger partial charge in [-0.25, -0.2) is 4.39 Å². The van der Waals surface area contributed by atoms with Crippen LogP contribution < -0.4 is 0 Å². The maximum absolute atomic E-state index is 12.8. The lowest BCUT2D eigenvalue weighted by atomic mass is 10.1. The third kappa shape index (κ3) is 3.80. The van der Waals surface area contributed by atoms with E-state index in [-0.39, 0.29) is 18.0 Å². The van der Waals surface area contributed by atoms with Gasteiger partial charge in [0.05, 0.1) is 0 Å². The summed E-state index contributed by atoms with van der Waals surface area (Å²) in [4.78, 5) is 11.6. The molecule has 1 aromatic carbocycles. The highest BCUT2D eigenvalue weighted by atomic mass is 19.1. The molecule has 2 nitrogen and oxygen atoms in total. The van der Waals surface area contributed by atoms with Crippen molar-refractivity contribution in [1.82, 2.24) is 0 Å². The first-order chi connectivity index (χ1) is 7.13. The van der Waals surface area contributed by atoms with Gasteiger partial charge in [0.15, 0.2) is 5.78 Å². The molecule has 0 fully saturated rings. The largest absolute Gasteiger partial charge is 0.371 e. The first-order valence-electron chi connectivity index (χ1n) is 5.02. The van der Waals surface area contributed by atoms with Gasteiger partial charge in [-0.05, 0) is 31.5 Å². The van der Waals surface area contributed by atoms with Crippen LogP contribution in [0.5, 0.6) is 0 Å². The van der Waals surface area contributed by atoms with Crippen molar-refractivity contribution in [1.29, 1.82) is 0 Å². The summed E-state index contributed by atoms with van der Waals surface area (Å²) in [6, 6.07) is 6.07. The molecule has 15 heavy (non-hydrogen) atoms. The normalized spacial score (nSPS) is 12.5. The Morgan fingerprint density at radius 2 is 2.27 bits per heavy atom. The monoisotopic (exact) mass is 210 g/mol. The Balaban J connectivity index is 2.58. The molecule has 0 aliphatic rings. The van der Waals surface area contributed by atoms with Crippen LogP contribution >= 0.6 is 0 Å². The first kappa shape index (κ1) is 11.9. The maximum atomic E-state index is 12.8. The topological polar surface area (TPSA) is 26.3 Å². The summed E-state index contributed by atoms with van der Waals surface area (Å²) in [5, 5.41) is 0. The second-order valence-corrected chi connectivity index (χ2v) is 3.37. The van der Waals surface area contributed by atoms with E-state index in [2.05, 4.69) is 0 Å². The number of Topliss-reactive ketones (excluding diaryl/α,β-unsaturated/α-hetero) is 1. The van der Waals surface area contributed by atoms with Crippen molar-refractivity contribution in [2.75, 3.05) is 6.61 Å². The summed E-state index contributed by atoms with van der Waals surface area (Å²) in [6.45, 7) is 4.06. The lowest BCUT2D eigenvalue weighted by molar-refractivity contribution is -0.128. The van der Waals surface area contributed by atoms with E-state index >= 15 is 0 Å². The van der Waals surface area contributed by atoms with Crippen LogP contribution in [0.1, 0.15) is 19.4 Å². The number of hydrogen-bond donors (Lipinski definition) is 0. The SMILES string of the molecule is CCOC(C)C(=O)Cc1cccc(F)c1. The van der Waals surface area contributed by atoms with Crippen LogP contribution in [0.4, 0.5) is 4.39 Å². The Morgan fingerprint density at radius 3 is 2.87 bits per heavy atom. The Bertz CT molecular complexity index is 336. The van der Waals surface area contributed by atoms with Crippen LogP contribution in [0.15, 0.2) is 24.3 Å². The van der Waals surface area contributed by atoms with Crippen LogP contribution in [0.3, 0.4) is 0 Å². The lowest BCUT2D eigenvalue weighted by Gasteiger charge is -2.10. The van der Waals surface area contributed by atoms with E-state index in [9.17, 15) is 9.18 Å². The van der Waals surface area contributed by atoms with E-state index in [0.29, 0.717) is 12.2 Å². The summed E-state index contributed by atoms with van der Waals surface area (Å²) < 4.78 is 18.0. The third-order valence-electron chi connectivity index (χ3n) is 2.14. The molecule has 0 amide bonds. The number of benzene rings is 1. The standard InChI is InChI=1S/C12H15FO2/c1-3-15-9(2)12(14)8-10-5-4-6-11(13)7-10/h4-7,9H,3,8H2,1-2H3. The Hall–Kier alpha value is -1.22. The van der Waals surface area contributed by atoms with Gasteiger partial charge in [0.2, 0.25) is 0 Å². The molecule has 0 N–H and O–H groups in total. The second kappa shape index (κ2) is 5.61. The second-order valence-electron chi connectivity index (χ2n) is 3.37. The number of rotatable bonds is 5. The van der Waals surface area contributed by atoms with E-state index in [0.717, 1.165) is 0 Å². The molecule has 0 saturated carbocycles. The van der Waals surface area contributed by atoms with Gasteiger partial charge in [0.1, 0.15) is 11.9 Å². The predicted molar refractivity (Wildman–Crippen MR) is 56.2 cm³/mol. The molecular weight excluding hydrogens is 195 g/mol. The summed E-state index contributed by atoms with van der Waals surface area (Å²) in [7, 11) is 0. The fourth-order valence-electron chi connectivity index (χ4n) is 1.33. The number of carbonyl (C=O) groups excluding carboxylic acids is 1. The average molecular weight is 210 g/mol. The average Bonchev–Trinajstić information content (AvgIpc) is 2.18. The Kier molecular flexibility index (Phi) is 4.43. The van der Waals surface area contributed by atoms with E-state index in [4.69, 9.17) is 4.74 Å². The van der Waals surface area contributed by atoms with Crippen molar-refractivity contribution in [2.45, 2.75) is 26.4 Å². The summed E-state index contributed by atoms with van der Waals surface area (Å²) in [5.74, 6) is -0.341. The molecule has 0 spiro atoms. The van der Waals surface area contributed by atoms with E-state index < -0.39 is 6.10 Å². The van der Waals surface area contributed by atoms with Gasteiger partial charge in [-0.1, -0.05) is 12.1 Å². The fourth-order valence-corrected chi connectivity index (χ4v) is 1.33. The molecular formula is C12H15FO2. The van der Waals surface area contributed by atoms with E-state index in [1.807, 2.05) is 6.92 Å². The highest BCUT2D eigenvalue weighted by Gasteiger charge is 2.13. The fraction of sp³-hybridized carbons (Fsp3) is 0.417. The van der Waals surface area contributed by atoms with Crippen molar-refractivity contribution < 1.29 is 13.9 Å². The van der Waals surface area contributed by atoms with Crippen LogP contribution in [0.2, 0.25) is 0 Å². The van der Waals surface area contributed by atoms with Crippen LogP contribution in [0.25, 0.3) is 0 Å². The molecule has 1 aromatic rings. The molecule has 0 bridgehead atoms. The predicted octanol–water partition coefficient (Wildman–Crippen LogP) is 2.36. The van der Waals surface area contributed by atoms with Crippen molar-refractivity contribution >= 4 is 5.78 Å². The molecule has 1 unspecified atom stereocenters. The minimum Gasteiger partial charge on any atom is -0.371 e. The molecule has 0 aliphatic carbocycles. The zero-order chi connectivity index (χ0) is 11.3. The molecule has 0 radical (unpaired) electrons. The van der Waals surface area contributed by atoms with Crippen molar-refractivity contribution in [3.8, 4) is 0 Å². The molecule has 82 valence electrons. The van der Waals surface area contributed by atoms with Crippen molar-refractivity contribution in [3.05, 3.63) is 35.6 Å². The van der Waals surface area contributed by atoms with Crippen LogP contribution in [-0.2, 0) is 16.0 Å². The number of carbonyl (C=O) groups is 1. The highest BCUT2D eigenvalue weighted by molar-refractivity contribution is 5.84. The molecule has 0 saturated heterocycles. The van der Waals surface area contributed by atoms with Gasteiger partial charge >= 0.3 is 0 Å². The summed E-state index contributed by atoms with van der Waals surface area (Å²) in [6.07, 6.45) is -0.197. The van der Waals surface area contributed by atoms with E-state index in [1.165, 1.54) is 12.1 Å². The third-order valence-corrected chi connectivity index (χ3v) is 2.14. The number of ketones is 1. The van der Waals surface area contributed by atoms with Gasteiger partial charge in [-0.15, -0.1) is 0 Å². The number of hydrogen-bond acceptors (Lipinski definition) is 2. The zero-order valence-corrected chi connectivity index (χ0v) is 9.00. The number of ether oxygens (including phenoxy) is 1. The molecule has 0 aromatic heterocycles. The quantitative estimate of drug-likeness (QED) is 0.745. The molecule has 3 heteroatoms. The highest BCUT2D eigenvalue weighted by Crippen LogP contribution is 2.06. The van der Waals surface area contributed by atoms with Gasteiger partial charge in [-0.3, -0.25) is 4.79 Å². The van der Waals surface area contributed by atoms with Crippen LogP contribution in [0, 0.1) is 5.82 Å². The van der Waals surface area contributed by atoms with E-state index in [1.54, 1.807) is 19.1 Å². The Labute approximate surface area is 89.1 Å². The van der Waals surface area contributed by atoms with Crippen molar-refractivity contribution in [2.24, 2.45) is 0 Å². The van der Waals surface area contributed by atoms with Crippen molar-refractivity contribution in [3.63, 3.8) is 0 Å². The van der Waals surface area contributed by atoms with Gasteiger partial charge in [0.25, 0.3) is 0 Å². The molecule has 1 atom stereocenters. The first-order valence-corrected chi connectivity index (χ1v) is 5.02. The summed E-state index contributed by atoms with van der Waals surface area (Å²) in [5.41, 5.74) is 0.687. The van der Waals surface area contributed by atoms with Gasteiger partial charge < -0.3 is 4.74 Å². The Morgan fingerprint density at radius 1 is 1.53 bits per heavy atom. The molecule has 0 heterocycles. The minimum absolute atomic E-state index is 0.0255. The number of halogens is 1. The maximum Gasteiger partial charge on any atom is 0.165 e. The smallest absolute Gasteiger partial charge is 0.165 e. The van der Waals surface area contributed by atoms with Gasteiger partial charge in [-0.2, -0.15) is 0 Å². The van der Waals surface area contributed by atoms with Gasteiger partial charge in [0, 0.05) is 13.0 Å². The van der Waals surface area contributed by atoms with Crippen LogP contribution in [-0.4, -0.2) is 18.5 Å². The zero-order valence-electron chi connectivity index (χ0n) is 9.00. The molecule has 0 aliphatic heterocycles. The minimum atomic E-state index is -0.418. The summed E-state index contributed by atoms with van der Waals surface area (Å²) >= 11 is 0. The molecule has 1 rings (SSSR count). The lowest BCUT2D eigenvalue weighted by Crippen LogP contribution is -2.22.